The van der Waals surface area contributed by atoms with Crippen LogP contribution in [0.1, 0.15) is 68.9 Å². The number of hydrogen-bond donors (Lipinski definition) is 0. The minimum Gasteiger partial charge on any atom is -0.207 e. The van der Waals surface area contributed by atoms with Crippen LogP contribution >= 0.6 is 0 Å². The highest BCUT2D eigenvalue weighted by Gasteiger charge is 2.25. The van der Waals surface area contributed by atoms with Gasteiger partial charge in [-0.25, -0.2) is 4.39 Å². The molecule has 0 saturated heterocycles. The summed E-state index contributed by atoms with van der Waals surface area (Å²) in [5.41, 5.74) is 6.24. The Bertz CT molecular complexity index is 717. The molecule has 2 rings (SSSR count). The maximum absolute atomic E-state index is 14.2. The summed E-state index contributed by atoms with van der Waals surface area (Å²) in [5.74, 6) is -0.0985. The number of hydrogen-bond acceptors (Lipinski definition) is 0. The van der Waals surface area contributed by atoms with Crippen molar-refractivity contribution in [2.24, 2.45) is 0 Å². The molecule has 0 aromatic heterocycles. The van der Waals surface area contributed by atoms with Crippen LogP contribution in [0.2, 0.25) is 0 Å². The minimum absolute atomic E-state index is 0.0985. The van der Waals surface area contributed by atoms with Crippen molar-refractivity contribution in [2.45, 2.75) is 72.1 Å². The van der Waals surface area contributed by atoms with Gasteiger partial charge < -0.3 is 0 Å². The van der Waals surface area contributed by atoms with Crippen molar-refractivity contribution in [3.8, 4) is 0 Å². The molecule has 0 fully saturated rings. The van der Waals surface area contributed by atoms with Crippen LogP contribution in [-0.2, 0) is 17.3 Å². The Morgan fingerprint density at radius 3 is 2.00 bits per heavy atom. The molecule has 0 atom stereocenters. The maximum Gasteiger partial charge on any atom is 0.126 e. The van der Waals surface area contributed by atoms with Gasteiger partial charge in [-0.15, -0.1) is 0 Å². The molecule has 130 valence electrons. The standard InChI is InChI=1S/C23H31F/c1-16-14-18(20(15-17(16)2)22(3,4)5)12-13-23(6,7)19-10-8-9-11-21(19)24/h8-11,14-15H,12-13H2,1-7H3. The molecule has 0 N–H and O–H groups in total. The molecular formula is C23H31F. The highest BCUT2D eigenvalue weighted by atomic mass is 19.1. The van der Waals surface area contributed by atoms with Gasteiger partial charge in [0.25, 0.3) is 0 Å². The molecule has 0 spiro atoms. The Hall–Kier alpha value is -1.63. The Morgan fingerprint density at radius 2 is 1.42 bits per heavy atom. The van der Waals surface area contributed by atoms with Gasteiger partial charge in [0.2, 0.25) is 0 Å². The Kier molecular flexibility index (Phi) is 5.22. The van der Waals surface area contributed by atoms with Gasteiger partial charge in [-0.05, 0) is 71.4 Å². The first-order valence-electron chi connectivity index (χ1n) is 8.88. The molecule has 0 heterocycles. The van der Waals surface area contributed by atoms with Gasteiger partial charge in [0.15, 0.2) is 0 Å². The number of benzene rings is 2. The smallest absolute Gasteiger partial charge is 0.126 e. The minimum atomic E-state index is -0.181. The van der Waals surface area contributed by atoms with E-state index in [9.17, 15) is 4.39 Å². The number of aryl methyl sites for hydroxylation is 3. The van der Waals surface area contributed by atoms with Crippen molar-refractivity contribution >= 4 is 0 Å². The van der Waals surface area contributed by atoms with Gasteiger partial charge in [-0.3, -0.25) is 0 Å². The Morgan fingerprint density at radius 1 is 0.833 bits per heavy atom. The van der Waals surface area contributed by atoms with Crippen molar-refractivity contribution in [2.75, 3.05) is 0 Å². The molecule has 2 aromatic rings. The summed E-state index contributed by atoms with van der Waals surface area (Å²) in [6.07, 6.45) is 1.90. The maximum atomic E-state index is 14.2. The van der Waals surface area contributed by atoms with Crippen LogP contribution in [0.3, 0.4) is 0 Å². The molecule has 0 aliphatic heterocycles. The molecule has 24 heavy (non-hydrogen) atoms. The SMILES string of the molecule is Cc1cc(CCC(C)(C)c2ccccc2F)c(C(C)(C)C)cc1C. The quantitative estimate of drug-likeness (QED) is 0.590. The first kappa shape index (κ1) is 18.7. The molecule has 0 unspecified atom stereocenters. The van der Waals surface area contributed by atoms with Crippen LogP contribution in [0.5, 0.6) is 0 Å². The highest BCUT2D eigenvalue weighted by Crippen LogP contribution is 2.34. The fourth-order valence-corrected chi connectivity index (χ4v) is 3.37. The predicted molar refractivity (Wildman–Crippen MR) is 102 cm³/mol. The predicted octanol–water partition coefficient (Wildman–Crippen LogP) is 6.65. The van der Waals surface area contributed by atoms with Crippen LogP contribution in [0, 0.1) is 19.7 Å². The summed E-state index contributed by atoms with van der Waals surface area (Å²) in [5, 5.41) is 0. The number of rotatable bonds is 4. The lowest BCUT2D eigenvalue weighted by molar-refractivity contribution is 0.447. The lowest BCUT2D eigenvalue weighted by Crippen LogP contribution is -2.21. The average Bonchev–Trinajstić information content (AvgIpc) is 2.47. The van der Waals surface area contributed by atoms with Crippen LogP contribution in [-0.4, -0.2) is 0 Å². The van der Waals surface area contributed by atoms with Gasteiger partial charge in [0, 0.05) is 0 Å². The molecule has 0 radical (unpaired) electrons. The van der Waals surface area contributed by atoms with E-state index < -0.39 is 0 Å². The third kappa shape index (κ3) is 4.06. The van der Waals surface area contributed by atoms with E-state index in [2.05, 4.69) is 60.6 Å². The van der Waals surface area contributed by atoms with E-state index in [1.165, 1.54) is 22.3 Å². The number of halogens is 1. The van der Waals surface area contributed by atoms with Gasteiger partial charge in [-0.2, -0.15) is 0 Å². The Labute approximate surface area is 147 Å². The average molecular weight is 326 g/mol. The summed E-state index contributed by atoms with van der Waals surface area (Å²) in [4.78, 5) is 0. The highest BCUT2D eigenvalue weighted by molar-refractivity contribution is 5.41. The van der Waals surface area contributed by atoms with Gasteiger partial charge in [0.05, 0.1) is 0 Å². The fraction of sp³-hybridized carbons (Fsp3) is 0.478. The van der Waals surface area contributed by atoms with E-state index in [0.717, 1.165) is 18.4 Å². The van der Waals surface area contributed by atoms with Crippen LogP contribution in [0.15, 0.2) is 36.4 Å². The second-order valence-corrected chi connectivity index (χ2v) is 8.71. The summed E-state index contributed by atoms with van der Waals surface area (Å²) < 4.78 is 14.2. The zero-order valence-corrected chi connectivity index (χ0v) is 16.3. The first-order chi connectivity index (χ1) is 11.0. The van der Waals surface area contributed by atoms with Crippen molar-refractivity contribution in [3.05, 3.63) is 70.0 Å². The van der Waals surface area contributed by atoms with Crippen LogP contribution in [0.4, 0.5) is 4.39 Å². The molecule has 1 heteroatoms. The zero-order valence-electron chi connectivity index (χ0n) is 16.3. The monoisotopic (exact) mass is 326 g/mol. The van der Waals surface area contributed by atoms with Crippen molar-refractivity contribution < 1.29 is 4.39 Å². The first-order valence-corrected chi connectivity index (χ1v) is 8.88. The van der Waals surface area contributed by atoms with Gasteiger partial charge in [0.1, 0.15) is 5.82 Å². The lowest BCUT2D eigenvalue weighted by Gasteiger charge is -2.29. The largest absolute Gasteiger partial charge is 0.207 e. The third-order valence-electron chi connectivity index (χ3n) is 5.15. The molecule has 0 aliphatic carbocycles. The molecule has 2 aromatic carbocycles. The molecular weight excluding hydrogens is 295 g/mol. The molecule has 0 nitrogen and oxygen atoms in total. The van der Waals surface area contributed by atoms with Crippen LogP contribution < -0.4 is 0 Å². The molecule has 0 bridgehead atoms. The second kappa shape index (κ2) is 6.70. The van der Waals surface area contributed by atoms with Gasteiger partial charge in [-0.1, -0.05) is 65.0 Å². The van der Waals surface area contributed by atoms with E-state index in [-0.39, 0.29) is 16.6 Å². The topological polar surface area (TPSA) is 0 Å². The van der Waals surface area contributed by atoms with Gasteiger partial charge >= 0.3 is 0 Å². The molecule has 0 saturated carbocycles. The van der Waals surface area contributed by atoms with E-state index in [0.29, 0.717) is 0 Å². The fourth-order valence-electron chi connectivity index (χ4n) is 3.37. The molecule has 0 aliphatic rings. The summed E-state index contributed by atoms with van der Waals surface area (Å²) >= 11 is 0. The Balaban J connectivity index is 2.32. The summed E-state index contributed by atoms with van der Waals surface area (Å²) in [6.45, 7) is 15.4. The van der Waals surface area contributed by atoms with E-state index in [1.807, 2.05) is 12.1 Å². The van der Waals surface area contributed by atoms with E-state index in [4.69, 9.17) is 0 Å². The molecule has 0 amide bonds. The lowest BCUT2D eigenvalue weighted by atomic mass is 9.76. The second-order valence-electron chi connectivity index (χ2n) is 8.71. The van der Waals surface area contributed by atoms with E-state index in [1.54, 1.807) is 12.1 Å². The van der Waals surface area contributed by atoms with E-state index >= 15 is 0 Å². The zero-order chi connectivity index (χ0) is 18.1. The third-order valence-corrected chi connectivity index (χ3v) is 5.15. The van der Waals surface area contributed by atoms with Crippen LogP contribution in [0.25, 0.3) is 0 Å². The van der Waals surface area contributed by atoms with Crippen molar-refractivity contribution in [1.29, 1.82) is 0 Å². The van der Waals surface area contributed by atoms with Crippen molar-refractivity contribution in [1.82, 2.24) is 0 Å². The normalized spacial score (nSPS) is 12.5. The summed E-state index contributed by atoms with van der Waals surface area (Å²) in [7, 11) is 0. The van der Waals surface area contributed by atoms with Crippen molar-refractivity contribution in [3.63, 3.8) is 0 Å². The summed E-state index contributed by atoms with van der Waals surface area (Å²) in [6, 6.07) is 11.8.